The highest BCUT2D eigenvalue weighted by Gasteiger charge is 2.16. The van der Waals surface area contributed by atoms with Crippen LogP contribution in [0.2, 0.25) is 5.02 Å². The van der Waals surface area contributed by atoms with Crippen molar-refractivity contribution in [1.82, 2.24) is 0 Å². The number of halogens is 3. The molecule has 1 heterocycles. The van der Waals surface area contributed by atoms with E-state index in [0.29, 0.717) is 21.9 Å². The summed E-state index contributed by atoms with van der Waals surface area (Å²) in [7, 11) is 0. The van der Waals surface area contributed by atoms with Crippen molar-refractivity contribution in [1.29, 1.82) is 0 Å². The van der Waals surface area contributed by atoms with Crippen molar-refractivity contribution < 1.29 is 13.2 Å². The van der Waals surface area contributed by atoms with Gasteiger partial charge in [-0.2, -0.15) is 0 Å². The highest BCUT2D eigenvalue weighted by Crippen LogP contribution is 2.30. The topological polar surface area (TPSA) is 39.2 Å². The lowest BCUT2D eigenvalue weighted by Gasteiger charge is -2.09. The van der Waals surface area contributed by atoms with E-state index >= 15 is 0 Å². The average molecular weight is 308 g/mol. The fourth-order valence-electron chi connectivity index (χ4n) is 2.25. The zero-order valence-electron chi connectivity index (χ0n) is 10.9. The van der Waals surface area contributed by atoms with Crippen LogP contribution in [0.25, 0.3) is 11.0 Å². The molecule has 3 rings (SSSR count). The minimum atomic E-state index is -0.611. The number of nitrogens with two attached hydrogens (primary N) is 1. The number of furan rings is 1. The van der Waals surface area contributed by atoms with E-state index in [1.807, 2.05) is 12.1 Å². The Morgan fingerprint density at radius 1 is 1.14 bits per heavy atom. The van der Waals surface area contributed by atoms with Gasteiger partial charge < -0.3 is 10.2 Å². The lowest BCUT2D eigenvalue weighted by molar-refractivity contribution is 0.486. The molecule has 2 N–H and O–H groups in total. The van der Waals surface area contributed by atoms with E-state index in [4.69, 9.17) is 21.8 Å². The molecule has 5 heteroatoms. The van der Waals surface area contributed by atoms with Crippen LogP contribution in [0, 0.1) is 11.6 Å². The summed E-state index contributed by atoms with van der Waals surface area (Å²) in [6, 6.07) is 10.1. The van der Waals surface area contributed by atoms with Gasteiger partial charge in [0.05, 0.1) is 11.1 Å². The molecule has 0 aliphatic heterocycles. The molecule has 0 fully saturated rings. The first-order chi connectivity index (χ1) is 10.0. The van der Waals surface area contributed by atoms with Crippen LogP contribution in [-0.4, -0.2) is 0 Å². The van der Waals surface area contributed by atoms with Gasteiger partial charge in [0.2, 0.25) is 0 Å². The number of hydrogen-bond donors (Lipinski definition) is 1. The highest BCUT2D eigenvalue weighted by atomic mass is 35.5. The SMILES string of the molecule is NC(Cc1ccc(F)cc1F)c1cc2cccc(Cl)c2o1. The Kier molecular flexibility index (Phi) is 3.66. The monoisotopic (exact) mass is 307 g/mol. The Morgan fingerprint density at radius 2 is 1.95 bits per heavy atom. The van der Waals surface area contributed by atoms with Crippen molar-refractivity contribution in [2.24, 2.45) is 5.73 Å². The summed E-state index contributed by atoms with van der Waals surface area (Å²) in [6.45, 7) is 0. The third-order valence-electron chi connectivity index (χ3n) is 3.34. The Morgan fingerprint density at radius 3 is 2.67 bits per heavy atom. The minimum Gasteiger partial charge on any atom is -0.458 e. The van der Waals surface area contributed by atoms with E-state index in [9.17, 15) is 8.78 Å². The summed E-state index contributed by atoms with van der Waals surface area (Å²) < 4.78 is 32.2. The number of benzene rings is 2. The molecule has 0 saturated heterocycles. The predicted molar refractivity (Wildman–Crippen MR) is 78.2 cm³/mol. The summed E-state index contributed by atoms with van der Waals surface area (Å²) in [5.74, 6) is -0.707. The molecule has 1 unspecified atom stereocenters. The summed E-state index contributed by atoms with van der Waals surface area (Å²) in [4.78, 5) is 0. The van der Waals surface area contributed by atoms with Crippen LogP contribution in [0.15, 0.2) is 46.9 Å². The fourth-order valence-corrected chi connectivity index (χ4v) is 2.48. The van der Waals surface area contributed by atoms with Crippen LogP contribution in [0.5, 0.6) is 0 Å². The zero-order valence-corrected chi connectivity index (χ0v) is 11.7. The van der Waals surface area contributed by atoms with Crippen molar-refractivity contribution in [2.45, 2.75) is 12.5 Å². The largest absolute Gasteiger partial charge is 0.458 e. The van der Waals surface area contributed by atoms with Crippen molar-refractivity contribution in [3.05, 3.63) is 70.4 Å². The lowest BCUT2D eigenvalue weighted by atomic mass is 10.0. The third-order valence-corrected chi connectivity index (χ3v) is 3.63. The maximum absolute atomic E-state index is 13.6. The molecule has 0 spiro atoms. The van der Waals surface area contributed by atoms with Gasteiger partial charge in [0, 0.05) is 11.5 Å². The maximum Gasteiger partial charge on any atom is 0.152 e. The van der Waals surface area contributed by atoms with Gasteiger partial charge in [-0.25, -0.2) is 8.78 Å². The Bertz CT molecular complexity index is 800. The van der Waals surface area contributed by atoms with Crippen LogP contribution in [0.3, 0.4) is 0 Å². The molecule has 0 amide bonds. The van der Waals surface area contributed by atoms with Gasteiger partial charge in [-0.15, -0.1) is 0 Å². The van der Waals surface area contributed by atoms with Gasteiger partial charge >= 0.3 is 0 Å². The van der Waals surface area contributed by atoms with Crippen molar-refractivity contribution in [3.63, 3.8) is 0 Å². The molecular formula is C16H12ClF2NO. The molecule has 0 aliphatic carbocycles. The average Bonchev–Trinajstić information content (AvgIpc) is 2.87. The fraction of sp³-hybridized carbons (Fsp3) is 0.125. The first-order valence-corrected chi connectivity index (χ1v) is 6.80. The Hall–Kier alpha value is -1.91. The quantitative estimate of drug-likeness (QED) is 0.767. The van der Waals surface area contributed by atoms with Gasteiger partial charge in [0.25, 0.3) is 0 Å². The van der Waals surface area contributed by atoms with Crippen LogP contribution in [0.4, 0.5) is 8.78 Å². The molecule has 0 bridgehead atoms. The molecule has 1 atom stereocenters. The first-order valence-electron chi connectivity index (χ1n) is 6.42. The van der Waals surface area contributed by atoms with Crippen molar-refractivity contribution >= 4 is 22.6 Å². The normalized spacial score (nSPS) is 12.8. The second-order valence-corrected chi connectivity index (χ2v) is 5.26. The van der Waals surface area contributed by atoms with Crippen LogP contribution < -0.4 is 5.73 Å². The van der Waals surface area contributed by atoms with Crippen LogP contribution >= 0.6 is 11.6 Å². The predicted octanol–water partition coefficient (Wildman–Crippen LogP) is 4.61. The Labute approximate surface area is 125 Å². The van der Waals surface area contributed by atoms with Crippen molar-refractivity contribution in [2.75, 3.05) is 0 Å². The number of rotatable bonds is 3. The minimum absolute atomic E-state index is 0.212. The molecule has 21 heavy (non-hydrogen) atoms. The summed E-state index contributed by atoms with van der Waals surface area (Å²) in [5.41, 5.74) is 6.95. The second-order valence-electron chi connectivity index (χ2n) is 4.85. The summed E-state index contributed by atoms with van der Waals surface area (Å²) in [5, 5.41) is 1.34. The molecule has 0 radical (unpaired) electrons. The third kappa shape index (κ3) is 2.77. The van der Waals surface area contributed by atoms with Crippen LogP contribution in [-0.2, 0) is 6.42 Å². The number of fused-ring (bicyclic) bond motifs is 1. The van der Waals surface area contributed by atoms with Gasteiger partial charge in [0.15, 0.2) is 5.58 Å². The number of hydrogen-bond acceptors (Lipinski definition) is 2. The van der Waals surface area contributed by atoms with Crippen LogP contribution in [0.1, 0.15) is 17.4 Å². The number of para-hydroxylation sites is 1. The van der Waals surface area contributed by atoms with E-state index in [-0.39, 0.29) is 6.42 Å². The molecule has 2 nitrogen and oxygen atoms in total. The maximum atomic E-state index is 13.6. The second kappa shape index (κ2) is 5.47. The standard InChI is InChI=1S/C16H12ClF2NO/c17-12-3-1-2-10-7-15(21-16(10)12)14(20)6-9-4-5-11(18)8-13(9)19/h1-5,7-8,14H,6,20H2. The Balaban J connectivity index is 1.90. The van der Waals surface area contributed by atoms with E-state index in [0.717, 1.165) is 11.5 Å². The van der Waals surface area contributed by atoms with E-state index in [1.165, 1.54) is 12.1 Å². The van der Waals surface area contributed by atoms with Crippen molar-refractivity contribution in [3.8, 4) is 0 Å². The molecule has 108 valence electrons. The van der Waals surface area contributed by atoms with Gasteiger partial charge in [-0.3, -0.25) is 0 Å². The first kappa shape index (κ1) is 14.0. The van der Waals surface area contributed by atoms with E-state index in [2.05, 4.69) is 0 Å². The van der Waals surface area contributed by atoms with E-state index in [1.54, 1.807) is 12.1 Å². The van der Waals surface area contributed by atoms with E-state index < -0.39 is 17.7 Å². The molecule has 0 saturated carbocycles. The molecule has 0 aliphatic rings. The molecule has 1 aromatic heterocycles. The summed E-state index contributed by atoms with van der Waals surface area (Å²) in [6.07, 6.45) is 0.212. The van der Waals surface area contributed by atoms with Gasteiger partial charge in [-0.1, -0.05) is 29.8 Å². The summed E-state index contributed by atoms with van der Waals surface area (Å²) >= 11 is 6.04. The molecular weight excluding hydrogens is 296 g/mol. The highest BCUT2D eigenvalue weighted by molar-refractivity contribution is 6.34. The van der Waals surface area contributed by atoms with Gasteiger partial charge in [0.1, 0.15) is 17.4 Å². The molecule has 3 aromatic rings. The smallest absolute Gasteiger partial charge is 0.152 e. The zero-order chi connectivity index (χ0) is 15.0. The lowest BCUT2D eigenvalue weighted by Crippen LogP contribution is -2.13. The van der Waals surface area contributed by atoms with Gasteiger partial charge in [-0.05, 0) is 30.2 Å². The molecule has 2 aromatic carbocycles.